The third-order valence-corrected chi connectivity index (χ3v) is 4.96. The number of halogens is 1. The smallest absolute Gasteiger partial charge is 0.232 e. The summed E-state index contributed by atoms with van der Waals surface area (Å²) in [6.07, 6.45) is 1.84. The minimum absolute atomic E-state index is 0.137. The van der Waals surface area contributed by atoms with Crippen molar-refractivity contribution in [1.82, 2.24) is 14.8 Å². The molecule has 1 N–H and O–H groups in total. The molecule has 1 fully saturated rings. The molecule has 1 amide bonds. The van der Waals surface area contributed by atoms with Crippen LogP contribution in [0.2, 0.25) is 0 Å². The van der Waals surface area contributed by atoms with E-state index in [0.29, 0.717) is 0 Å². The SMILES string of the molecule is CCN1CCN(C(=O)C(C)(C)c2c[nH]c3cc(F)ccc23)CC1. The highest BCUT2D eigenvalue weighted by Gasteiger charge is 2.36. The monoisotopic (exact) mass is 317 g/mol. The van der Waals surface area contributed by atoms with Gasteiger partial charge in [0.25, 0.3) is 0 Å². The van der Waals surface area contributed by atoms with E-state index in [2.05, 4.69) is 16.8 Å². The normalized spacial score (nSPS) is 17.0. The number of rotatable bonds is 3. The maximum absolute atomic E-state index is 13.4. The number of H-pyrrole nitrogens is 1. The molecule has 1 aliphatic heterocycles. The van der Waals surface area contributed by atoms with Crippen LogP contribution in [0.1, 0.15) is 26.3 Å². The van der Waals surface area contributed by atoms with Crippen LogP contribution >= 0.6 is 0 Å². The van der Waals surface area contributed by atoms with Crippen LogP contribution in [0.15, 0.2) is 24.4 Å². The topological polar surface area (TPSA) is 39.3 Å². The van der Waals surface area contributed by atoms with Crippen LogP contribution in [0.25, 0.3) is 10.9 Å². The van der Waals surface area contributed by atoms with Gasteiger partial charge >= 0.3 is 0 Å². The molecule has 1 aromatic carbocycles. The van der Waals surface area contributed by atoms with Crippen LogP contribution in [0.3, 0.4) is 0 Å². The van der Waals surface area contributed by atoms with E-state index in [4.69, 9.17) is 0 Å². The number of likely N-dealkylation sites (N-methyl/N-ethyl adjacent to an activating group) is 1. The standard InChI is InChI=1S/C18H24FN3O/c1-4-21-7-9-22(10-8-21)17(23)18(2,3)15-12-20-16-11-13(19)5-6-14(15)16/h5-6,11-12,20H,4,7-10H2,1-3H3. The number of benzene rings is 1. The van der Waals surface area contributed by atoms with Crippen molar-refractivity contribution in [1.29, 1.82) is 0 Å². The van der Waals surface area contributed by atoms with E-state index in [-0.39, 0.29) is 11.7 Å². The molecule has 0 unspecified atom stereocenters. The number of aromatic nitrogens is 1. The Balaban J connectivity index is 1.86. The summed E-state index contributed by atoms with van der Waals surface area (Å²) in [5, 5.41) is 0.914. The summed E-state index contributed by atoms with van der Waals surface area (Å²) in [7, 11) is 0. The number of nitrogens with zero attached hydrogens (tertiary/aromatic N) is 2. The zero-order valence-corrected chi connectivity index (χ0v) is 14.0. The van der Waals surface area contributed by atoms with Crippen molar-refractivity contribution in [2.24, 2.45) is 0 Å². The van der Waals surface area contributed by atoms with Crippen molar-refractivity contribution in [2.75, 3.05) is 32.7 Å². The van der Waals surface area contributed by atoms with Gasteiger partial charge in [0.15, 0.2) is 0 Å². The number of amides is 1. The van der Waals surface area contributed by atoms with Gasteiger partial charge < -0.3 is 14.8 Å². The first kappa shape index (κ1) is 16.0. The van der Waals surface area contributed by atoms with E-state index >= 15 is 0 Å². The number of fused-ring (bicyclic) bond motifs is 1. The van der Waals surface area contributed by atoms with Crippen LogP contribution in [-0.4, -0.2) is 53.4 Å². The van der Waals surface area contributed by atoms with E-state index in [1.807, 2.05) is 24.9 Å². The van der Waals surface area contributed by atoms with Gasteiger partial charge in [0.2, 0.25) is 5.91 Å². The van der Waals surface area contributed by atoms with Gasteiger partial charge in [-0.15, -0.1) is 0 Å². The Morgan fingerprint density at radius 1 is 1.26 bits per heavy atom. The quantitative estimate of drug-likeness (QED) is 0.945. The molecule has 2 heterocycles. The first-order valence-electron chi connectivity index (χ1n) is 8.22. The predicted molar refractivity (Wildman–Crippen MR) is 90.0 cm³/mol. The lowest BCUT2D eigenvalue weighted by Gasteiger charge is -2.38. The minimum atomic E-state index is -0.634. The molecule has 1 aromatic heterocycles. The largest absolute Gasteiger partial charge is 0.361 e. The summed E-state index contributed by atoms with van der Waals surface area (Å²) in [6.45, 7) is 10.5. The van der Waals surface area contributed by atoms with E-state index in [1.165, 1.54) is 12.1 Å². The molecule has 0 bridgehead atoms. The van der Waals surface area contributed by atoms with Crippen molar-refractivity contribution >= 4 is 16.8 Å². The molecule has 4 nitrogen and oxygen atoms in total. The lowest BCUT2D eigenvalue weighted by molar-refractivity contribution is -0.138. The molecular weight excluding hydrogens is 293 g/mol. The molecule has 124 valence electrons. The van der Waals surface area contributed by atoms with Gasteiger partial charge in [0.05, 0.1) is 5.41 Å². The lowest BCUT2D eigenvalue weighted by Crippen LogP contribution is -2.53. The second-order valence-electron chi connectivity index (χ2n) is 6.74. The van der Waals surface area contributed by atoms with Crippen molar-refractivity contribution in [2.45, 2.75) is 26.2 Å². The van der Waals surface area contributed by atoms with E-state index < -0.39 is 5.41 Å². The van der Waals surface area contributed by atoms with Gasteiger partial charge in [-0.05, 0) is 44.2 Å². The van der Waals surface area contributed by atoms with Gasteiger partial charge in [0, 0.05) is 43.3 Å². The maximum atomic E-state index is 13.4. The Labute approximate surface area is 136 Å². The van der Waals surface area contributed by atoms with E-state index in [0.717, 1.165) is 49.2 Å². The number of piperazine rings is 1. The van der Waals surface area contributed by atoms with Crippen LogP contribution in [0, 0.1) is 5.82 Å². The summed E-state index contributed by atoms with van der Waals surface area (Å²) in [5.74, 6) is -0.135. The molecule has 0 aliphatic carbocycles. The fraction of sp³-hybridized carbons (Fsp3) is 0.500. The Morgan fingerprint density at radius 2 is 1.96 bits per heavy atom. The van der Waals surface area contributed by atoms with Gasteiger partial charge in [0.1, 0.15) is 5.82 Å². The van der Waals surface area contributed by atoms with Crippen LogP contribution in [0.4, 0.5) is 4.39 Å². The number of hydrogen-bond donors (Lipinski definition) is 1. The Bertz CT molecular complexity index is 714. The van der Waals surface area contributed by atoms with Gasteiger partial charge in [-0.3, -0.25) is 4.79 Å². The molecule has 1 saturated heterocycles. The highest BCUT2D eigenvalue weighted by Crippen LogP contribution is 2.32. The average molecular weight is 317 g/mol. The van der Waals surface area contributed by atoms with E-state index in [9.17, 15) is 9.18 Å². The number of carbonyl (C=O) groups is 1. The van der Waals surface area contributed by atoms with Crippen LogP contribution in [-0.2, 0) is 10.2 Å². The molecule has 2 aromatic rings. The second kappa shape index (κ2) is 5.96. The van der Waals surface area contributed by atoms with Crippen molar-refractivity contribution in [3.63, 3.8) is 0 Å². The van der Waals surface area contributed by atoms with Gasteiger partial charge in [-0.2, -0.15) is 0 Å². The third-order valence-electron chi connectivity index (χ3n) is 4.96. The Hall–Kier alpha value is -1.88. The predicted octanol–water partition coefficient (Wildman–Crippen LogP) is 2.75. The molecule has 0 saturated carbocycles. The molecule has 0 radical (unpaired) electrons. The third kappa shape index (κ3) is 2.85. The average Bonchev–Trinajstić information content (AvgIpc) is 2.97. The number of carbonyl (C=O) groups excluding carboxylic acids is 1. The first-order valence-corrected chi connectivity index (χ1v) is 8.22. The molecule has 0 atom stereocenters. The minimum Gasteiger partial charge on any atom is -0.361 e. The molecule has 3 rings (SSSR count). The zero-order valence-electron chi connectivity index (χ0n) is 14.0. The Kier molecular flexibility index (Phi) is 4.15. The summed E-state index contributed by atoms with van der Waals surface area (Å²) in [5.41, 5.74) is 1.02. The van der Waals surface area contributed by atoms with Gasteiger partial charge in [-0.1, -0.05) is 6.92 Å². The van der Waals surface area contributed by atoms with Crippen molar-refractivity contribution < 1.29 is 9.18 Å². The zero-order chi connectivity index (χ0) is 16.6. The fourth-order valence-electron chi connectivity index (χ4n) is 3.39. The molecule has 0 spiro atoms. The highest BCUT2D eigenvalue weighted by atomic mass is 19.1. The molecular formula is C18H24FN3O. The molecule has 1 aliphatic rings. The van der Waals surface area contributed by atoms with E-state index in [1.54, 1.807) is 6.07 Å². The Morgan fingerprint density at radius 3 is 2.61 bits per heavy atom. The second-order valence-corrected chi connectivity index (χ2v) is 6.74. The summed E-state index contributed by atoms with van der Waals surface area (Å²) >= 11 is 0. The lowest BCUT2D eigenvalue weighted by atomic mass is 9.82. The maximum Gasteiger partial charge on any atom is 0.232 e. The van der Waals surface area contributed by atoms with Crippen LogP contribution < -0.4 is 0 Å². The van der Waals surface area contributed by atoms with Crippen molar-refractivity contribution in [3.8, 4) is 0 Å². The fourth-order valence-corrected chi connectivity index (χ4v) is 3.39. The summed E-state index contributed by atoms with van der Waals surface area (Å²) in [4.78, 5) is 20.4. The van der Waals surface area contributed by atoms with Crippen LogP contribution in [0.5, 0.6) is 0 Å². The van der Waals surface area contributed by atoms with Crippen molar-refractivity contribution in [3.05, 3.63) is 35.8 Å². The highest BCUT2D eigenvalue weighted by molar-refractivity contribution is 5.94. The number of aromatic amines is 1. The summed E-state index contributed by atoms with van der Waals surface area (Å²) in [6, 6.07) is 4.67. The first-order chi connectivity index (χ1) is 10.9. The number of hydrogen-bond acceptors (Lipinski definition) is 2. The number of nitrogens with one attached hydrogen (secondary N) is 1. The molecule has 5 heteroatoms. The molecule has 23 heavy (non-hydrogen) atoms. The summed E-state index contributed by atoms with van der Waals surface area (Å²) < 4.78 is 13.4. The van der Waals surface area contributed by atoms with Gasteiger partial charge in [-0.25, -0.2) is 4.39 Å².